The van der Waals surface area contributed by atoms with Crippen molar-refractivity contribution in [3.8, 4) is 11.6 Å². The molecule has 160 valence electrons. The zero-order valence-electron chi connectivity index (χ0n) is 17.3. The molecule has 2 heterocycles. The van der Waals surface area contributed by atoms with Crippen molar-refractivity contribution in [2.75, 3.05) is 12.5 Å². The van der Waals surface area contributed by atoms with Crippen molar-refractivity contribution in [2.24, 2.45) is 5.10 Å². The Morgan fingerprint density at radius 1 is 1.39 bits per heavy atom. The third-order valence-electron chi connectivity index (χ3n) is 4.61. The minimum Gasteiger partial charge on any atom is -0.338 e. The monoisotopic (exact) mass is 423 g/mol. The van der Waals surface area contributed by atoms with Gasteiger partial charge in [0.15, 0.2) is 5.82 Å². The summed E-state index contributed by atoms with van der Waals surface area (Å²) in [4.78, 5) is 22.9. The van der Waals surface area contributed by atoms with Crippen LogP contribution in [0.25, 0.3) is 11.6 Å². The fourth-order valence-electron chi connectivity index (χ4n) is 2.81. The van der Waals surface area contributed by atoms with Gasteiger partial charge in [0.25, 0.3) is 11.8 Å². The van der Waals surface area contributed by atoms with E-state index >= 15 is 0 Å². The highest BCUT2D eigenvalue weighted by Crippen LogP contribution is 2.21. The molecule has 0 aliphatic carbocycles. The predicted molar refractivity (Wildman–Crippen MR) is 115 cm³/mol. The lowest BCUT2D eigenvalue weighted by Crippen LogP contribution is -2.37. The average molecular weight is 423 g/mol. The minimum atomic E-state index is -0.453. The molecule has 0 radical (unpaired) electrons. The molecule has 0 saturated carbocycles. The molecule has 3 aromatic rings. The molecule has 31 heavy (non-hydrogen) atoms. The maximum atomic E-state index is 13.1. The fourth-order valence-corrected chi connectivity index (χ4v) is 2.81. The summed E-state index contributed by atoms with van der Waals surface area (Å²) in [7, 11) is 1.70. The highest BCUT2D eigenvalue weighted by Gasteiger charge is 2.22. The van der Waals surface area contributed by atoms with Gasteiger partial charge in [-0.05, 0) is 38.1 Å². The zero-order valence-corrected chi connectivity index (χ0v) is 17.3. The van der Waals surface area contributed by atoms with Crippen molar-refractivity contribution in [1.82, 2.24) is 20.0 Å². The zero-order chi connectivity index (χ0) is 22.4. The Kier molecular flexibility index (Phi) is 6.81. The van der Waals surface area contributed by atoms with Gasteiger partial charge in [0.2, 0.25) is 0 Å². The number of carbonyl (C=O) groups excluding carboxylic acids is 1. The average Bonchev–Trinajstić information content (AvgIpc) is 3.22. The minimum absolute atomic E-state index is 0.186. The molecule has 0 unspecified atom stereocenters. The Balaban J connectivity index is 1.73. The van der Waals surface area contributed by atoms with Gasteiger partial charge in [0, 0.05) is 25.7 Å². The summed E-state index contributed by atoms with van der Waals surface area (Å²) in [6, 6.07) is 7.90. The number of hydrogen-bond acceptors (Lipinski definition) is 8. The number of likely N-dealkylation sites (N-methyl/N-ethyl adjacent to an activating group) is 1. The number of pyridine rings is 1. The molecular weight excluding hydrogens is 401 g/mol. The molecule has 0 bridgehead atoms. The number of nitrogens with one attached hydrogen (secondary N) is 2. The number of hydrogen-bond donors (Lipinski definition) is 2. The molecule has 2 N–H and O–H groups in total. The van der Waals surface area contributed by atoms with Crippen LogP contribution in [0.5, 0.6) is 0 Å². The molecule has 2 aromatic heterocycles. The summed E-state index contributed by atoms with van der Waals surface area (Å²) in [5, 5.41) is 14.8. The first-order valence-electron chi connectivity index (χ1n) is 9.49. The summed E-state index contributed by atoms with van der Waals surface area (Å²) in [6.45, 7) is 3.77. The second kappa shape index (κ2) is 9.70. The quantitative estimate of drug-likeness (QED) is 0.424. The lowest BCUT2D eigenvalue weighted by Gasteiger charge is -2.25. The van der Waals surface area contributed by atoms with Gasteiger partial charge in [-0.15, -0.1) is 0 Å². The van der Waals surface area contributed by atoms with Crippen molar-refractivity contribution < 1.29 is 13.7 Å². The second-order valence-electron chi connectivity index (χ2n) is 6.95. The van der Waals surface area contributed by atoms with Gasteiger partial charge in [-0.2, -0.15) is 10.1 Å². The van der Waals surface area contributed by atoms with Gasteiger partial charge in [-0.3, -0.25) is 10.2 Å². The van der Waals surface area contributed by atoms with Crippen molar-refractivity contribution in [3.63, 3.8) is 0 Å². The maximum Gasteiger partial charge on any atom is 0.276 e. The Hall–Kier alpha value is -3.95. The number of anilines is 1. The van der Waals surface area contributed by atoms with Crippen LogP contribution >= 0.6 is 0 Å². The van der Waals surface area contributed by atoms with Crippen molar-refractivity contribution >= 4 is 24.0 Å². The van der Waals surface area contributed by atoms with Crippen LogP contribution in [0, 0.1) is 18.2 Å². The molecule has 9 nitrogen and oxygen atoms in total. The van der Waals surface area contributed by atoms with E-state index in [9.17, 15) is 9.18 Å². The number of amides is 1. The van der Waals surface area contributed by atoms with Crippen LogP contribution < -0.4 is 5.43 Å². The lowest BCUT2D eigenvalue weighted by atomic mass is 10.1. The van der Waals surface area contributed by atoms with E-state index in [1.807, 2.05) is 19.9 Å². The van der Waals surface area contributed by atoms with E-state index < -0.39 is 5.82 Å². The molecule has 0 spiro atoms. The molecule has 0 aliphatic rings. The van der Waals surface area contributed by atoms with Gasteiger partial charge < -0.3 is 14.8 Å². The summed E-state index contributed by atoms with van der Waals surface area (Å²) in [6.07, 6.45) is 3.75. The van der Waals surface area contributed by atoms with Crippen LogP contribution in [0.1, 0.15) is 28.7 Å². The number of rotatable bonds is 8. The topological polar surface area (TPSA) is 120 Å². The van der Waals surface area contributed by atoms with Crippen LogP contribution in [0.2, 0.25) is 0 Å². The Morgan fingerprint density at radius 2 is 2.19 bits per heavy atom. The van der Waals surface area contributed by atoms with Gasteiger partial charge in [0.1, 0.15) is 11.5 Å². The molecule has 0 saturated heterocycles. The van der Waals surface area contributed by atoms with Crippen molar-refractivity contribution in [1.29, 1.82) is 5.41 Å². The van der Waals surface area contributed by atoms with Crippen molar-refractivity contribution in [3.05, 3.63) is 59.3 Å². The van der Waals surface area contributed by atoms with Crippen molar-refractivity contribution in [2.45, 2.75) is 26.3 Å². The number of halogens is 1. The number of aryl methyl sites for hydroxylation is 1. The molecular formula is C21H22FN7O2. The van der Waals surface area contributed by atoms with E-state index in [1.54, 1.807) is 24.1 Å². The van der Waals surface area contributed by atoms with Crippen LogP contribution in [0.3, 0.4) is 0 Å². The summed E-state index contributed by atoms with van der Waals surface area (Å²) >= 11 is 0. The third-order valence-corrected chi connectivity index (χ3v) is 4.61. The van der Waals surface area contributed by atoms with E-state index in [1.165, 1.54) is 18.3 Å². The summed E-state index contributed by atoms with van der Waals surface area (Å²) in [5.74, 6) is -0.0599. The predicted octanol–water partition coefficient (Wildman–Crippen LogP) is 3.33. The first kappa shape index (κ1) is 21.8. The van der Waals surface area contributed by atoms with E-state index in [2.05, 4.69) is 25.7 Å². The molecule has 0 aliphatic heterocycles. The lowest BCUT2D eigenvalue weighted by molar-refractivity contribution is 0.0742. The van der Waals surface area contributed by atoms with Crippen LogP contribution in [-0.2, 0) is 6.42 Å². The number of aromatic nitrogens is 3. The van der Waals surface area contributed by atoms with Gasteiger partial charge in [0.05, 0.1) is 23.7 Å². The molecule has 1 aromatic carbocycles. The highest BCUT2D eigenvalue weighted by molar-refractivity contribution is 6.14. The number of carbonyl (C=O) groups is 1. The normalized spacial score (nSPS) is 12.0. The van der Waals surface area contributed by atoms with E-state index in [0.717, 1.165) is 18.0 Å². The summed E-state index contributed by atoms with van der Waals surface area (Å²) < 4.78 is 18.2. The maximum absolute atomic E-state index is 13.1. The Labute approximate surface area is 178 Å². The van der Waals surface area contributed by atoms with Gasteiger partial charge in [-0.25, -0.2) is 9.37 Å². The largest absolute Gasteiger partial charge is 0.338 e. The van der Waals surface area contributed by atoms with E-state index in [0.29, 0.717) is 29.2 Å². The molecule has 1 amide bonds. The Bertz CT molecular complexity index is 1100. The van der Waals surface area contributed by atoms with Crippen LogP contribution in [-0.4, -0.2) is 51.5 Å². The van der Waals surface area contributed by atoms with Gasteiger partial charge >= 0.3 is 0 Å². The summed E-state index contributed by atoms with van der Waals surface area (Å²) in [5.41, 5.74) is 5.09. The molecule has 3 rings (SSSR count). The van der Waals surface area contributed by atoms with E-state index in [-0.39, 0.29) is 17.8 Å². The number of nitrogens with zero attached hydrogens (tertiary/aromatic N) is 5. The number of benzene rings is 1. The standard InChI is InChI=1S/C21H22FN7O2/c1-13-4-6-17(27-25-9-8-23)16(10-13)21(30)29(3)14(2)11-19-26-20(31-28-19)18-7-5-15(22)12-24-18/h4-10,12,14,23,27H,11H2,1-3H3/b23-8?,25-9-/t14-/m0/s1. The smallest absolute Gasteiger partial charge is 0.276 e. The molecule has 1 atom stereocenters. The first-order chi connectivity index (χ1) is 14.9. The first-order valence-corrected chi connectivity index (χ1v) is 9.49. The molecule has 10 heteroatoms. The third kappa shape index (κ3) is 5.35. The van der Waals surface area contributed by atoms with Crippen LogP contribution in [0.15, 0.2) is 46.2 Å². The Morgan fingerprint density at radius 3 is 2.90 bits per heavy atom. The van der Waals surface area contributed by atoms with Crippen LogP contribution in [0.4, 0.5) is 10.1 Å². The fraction of sp³-hybridized carbons (Fsp3) is 0.238. The van der Waals surface area contributed by atoms with Gasteiger partial charge in [-0.1, -0.05) is 16.8 Å². The molecule has 0 fully saturated rings. The highest BCUT2D eigenvalue weighted by atomic mass is 19.1. The van der Waals surface area contributed by atoms with E-state index in [4.69, 9.17) is 9.93 Å². The SMILES string of the molecule is Cc1ccc(N/N=C\C=N)c(C(=O)N(C)[C@@H](C)Cc2noc(-c3ccc(F)cn3)n2)c1. The number of hydrazone groups is 1. The second-order valence-corrected chi connectivity index (χ2v) is 6.95.